The molecule has 1 amide bonds. The first-order chi connectivity index (χ1) is 15.9. The molecule has 170 valence electrons. The van der Waals surface area contributed by atoms with Crippen molar-refractivity contribution >= 4 is 54.0 Å². The van der Waals surface area contributed by atoms with Crippen LogP contribution in [0.15, 0.2) is 64.3 Å². The first-order valence-electron chi connectivity index (χ1n) is 10.6. The van der Waals surface area contributed by atoms with Gasteiger partial charge in [-0.1, -0.05) is 35.6 Å². The number of anilines is 1. The molecule has 3 aromatic heterocycles. The van der Waals surface area contributed by atoms with Crippen LogP contribution in [0.2, 0.25) is 0 Å². The molecule has 1 atom stereocenters. The number of thiophene rings is 1. The fourth-order valence-corrected chi connectivity index (χ4v) is 7.88. The zero-order valence-corrected chi connectivity index (χ0v) is 20.4. The summed E-state index contributed by atoms with van der Waals surface area (Å²) in [4.78, 5) is 24.7. The van der Waals surface area contributed by atoms with Crippen LogP contribution < -0.4 is 4.90 Å². The SMILES string of the molecule is Cc1cccc2sc(N(Cc3ccccn3)C(=O)[C@H]3CCCN3S(=O)(=O)c3cccs3)nc12. The monoisotopic (exact) mass is 498 g/mol. The summed E-state index contributed by atoms with van der Waals surface area (Å²) in [7, 11) is -3.74. The van der Waals surface area contributed by atoms with Crippen molar-refractivity contribution in [2.24, 2.45) is 0 Å². The quantitative estimate of drug-likeness (QED) is 0.392. The molecule has 5 rings (SSSR count). The second kappa shape index (κ2) is 8.94. The van der Waals surface area contributed by atoms with Gasteiger partial charge in [-0.25, -0.2) is 13.4 Å². The first kappa shape index (κ1) is 22.1. The van der Waals surface area contributed by atoms with Crippen LogP contribution in [0.3, 0.4) is 0 Å². The number of thiazole rings is 1. The van der Waals surface area contributed by atoms with Crippen LogP contribution >= 0.6 is 22.7 Å². The molecule has 0 aliphatic carbocycles. The number of benzene rings is 1. The molecular formula is C23H22N4O3S3. The average molecular weight is 499 g/mol. The molecule has 0 radical (unpaired) electrons. The van der Waals surface area contributed by atoms with E-state index in [-0.39, 0.29) is 16.7 Å². The van der Waals surface area contributed by atoms with E-state index in [1.165, 1.54) is 27.0 Å². The molecule has 33 heavy (non-hydrogen) atoms. The zero-order valence-electron chi connectivity index (χ0n) is 17.9. The highest BCUT2D eigenvalue weighted by atomic mass is 32.2. The van der Waals surface area contributed by atoms with E-state index < -0.39 is 16.1 Å². The number of sulfonamides is 1. The molecule has 4 aromatic rings. The zero-order chi connectivity index (χ0) is 23.0. The number of para-hydroxylation sites is 1. The fourth-order valence-electron chi connectivity index (χ4n) is 4.06. The van der Waals surface area contributed by atoms with Crippen LogP contribution in [0, 0.1) is 6.92 Å². The Bertz CT molecular complexity index is 1390. The van der Waals surface area contributed by atoms with Crippen LogP contribution in [0.25, 0.3) is 10.2 Å². The van der Waals surface area contributed by atoms with Crippen LogP contribution in [0.1, 0.15) is 24.1 Å². The number of rotatable bonds is 6. The summed E-state index contributed by atoms with van der Waals surface area (Å²) in [5, 5.41) is 2.28. The van der Waals surface area contributed by atoms with E-state index in [0.717, 1.165) is 15.8 Å². The molecule has 1 aliphatic rings. The maximum Gasteiger partial charge on any atom is 0.253 e. The minimum atomic E-state index is -3.74. The van der Waals surface area contributed by atoms with Crippen LogP contribution in [-0.2, 0) is 21.4 Å². The van der Waals surface area contributed by atoms with Crippen molar-refractivity contribution in [3.05, 3.63) is 71.4 Å². The highest BCUT2D eigenvalue weighted by Gasteiger charge is 2.42. The van der Waals surface area contributed by atoms with E-state index in [1.807, 2.05) is 43.3 Å². The summed E-state index contributed by atoms with van der Waals surface area (Å²) in [6.07, 6.45) is 2.80. The second-order valence-corrected chi connectivity index (χ2v) is 11.9. The normalized spacial score (nSPS) is 16.9. The van der Waals surface area contributed by atoms with Crippen molar-refractivity contribution in [3.8, 4) is 0 Å². The number of carbonyl (C=O) groups is 1. The lowest BCUT2D eigenvalue weighted by Gasteiger charge is -2.28. The molecule has 1 aromatic carbocycles. The van der Waals surface area contributed by atoms with Crippen molar-refractivity contribution in [1.29, 1.82) is 0 Å². The number of hydrogen-bond acceptors (Lipinski definition) is 7. The summed E-state index contributed by atoms with van der Waals surface area (Å²) < 4.78 is 29.1. The predicted octanol–water partition coefficient (Wildman–Crippen LogP) is 4.45. The number of pyridine rings is 1. The Labute approximate surface area is 200 Å². The fraction of sp³-hybridized carbons (Fsp3) is 0.261. The van der Waals surface area contributed by atoms with Gasteiger partial charge in [-0.15, -0.1) is 11.3 Å². The highest BCUT2D eigenvalue weighted by Crippen LogP contribution is 2.34. The van der Waals surface area contributed by atoms with Gasteiger partial charge >= 0.3 is 0 Å². The third kappa shape index (κ3) is 4.19. The number of aryl methyl sites for hydroxylation is 1. The molecule has 1 saturated heterocycles. The largest absolute Gasteiger partial charge is 0.281 e. The van der Waals surface area contributed by atoms with Gasteiger partial charge in [0.15, 0.2) is 5.13 Å². The number of nitrogens with zero attached hydrogens (tertiary/aromatic N) is 4. The van der Waals surface area contributed by atoms with Gasteiger partial charge in [-0.3, -0.25) is 14.7 Å². The van der Waals surface area contributed by atoms with Gasteiger partial charge in [0.2, 0.25) is 5.91 Å². The minimum Gasteiger partial charge on any atom is -0.281 e. The van der Waals surface area contributed by atoms with Gasteiger partial charge in [0.05, 0.1) is 22.5 Å². The van der Waals surface area contributed by atoms with E-state index in [4.69, 9.17) is 4.98 Å². The van der Waals surface area contributed by atoms with Crippen molar-refractivity contribution in [3.63, 3.8) is 0 Å². The Hall–Kier alpha value is -2.66. The summed E-state index contributed by atoms with van der Waals surface area (Å²) >= 11 is 2.60. The van der Waals surface area contributed by atoms with Crippen LogP contribution in [0.5, 0.6) is 0 Å². The van der Waals surface area contributed by atoms with E-state index in [9.17, 15) is 13.2 Å². The minimum absolute atomic E-state index is 0.224. The Morgan fingerprint density at radius 2 is 2.06 bits per heavy atom. The summed E-state index contributed by atoms with van der Waals surface area (Å²) in [6, 6.07) is 14.0. The lowest BCUT2D eigenvalue weighted by atomic mass is 10.2. The summed E-state index contributed by atoms with van der Waals surface area (Å²) in [5.41, 5.74) is 2.60. The van der Waals surface area contributed by atoms with Gasteiger partial charge in [0.1, 0.15) is 10.3 Å². The third-order valence-electron chi connectivity index (χ3n) is 5.70. The Morgan fingerprint density at radius 3 is 2.79 bits per heavy atom. The number of hydrogen-bond donors (Lipinski definition) is 0. The first-order valence-corrected chi connectivity index (χ1v) is 13.7. The maximum atomic E-state index is 13.9. The van der Waals surface area contributed by atoms with Gasteiger partial charge in [0, 0.05) is 12.7 Å². The van der Waals surface area contributed by atoms with Crippen molar-refractivity contribution in [1.82, 2.24) is 14.3 Å². The smallest absolute Gasteiger partial charge is 0.253 e. The molecule has 0 spiro atoms. The number of aromatic nitrogens is 2. The molecule has 0 unspecified atom stereocenters. The summed E-state index contributed by atoms with van der Waals surface area (Å²) in [6.45, 7) is 2.54. The molecule has 1 fully saturated rings. The predicted molar refractivity (Wildman–Crippen MR) is 131 cm³/mol. The second-order valence-electron chi connectivity index (χ2n) is 7.87. The van der Waals surface area contributed by atoms with Gasteiger partial charge in [-0.05, 0) is 55.0 Å². The van der Waals surface area contributed by atoms with E-state index in [0.29, 0.717) is 30.2 Å². The van der Waals surface area contributed by atoms with Crippen molar-refractivity contribution in [2.45, 2.75) is 36.6 Å². The topological polar surface area (TPSA) is 83.5 Å². The molecule has 0 N–H and O–H groups in total. The molecule has 1 aliphatic heterocycles. The maximum absolute atomic E-state index is 13.9. The van der Waals surface area contributed by atoms with Crippen LogP contribution in [-0.4, -0.2) is 41.2 Å². The molecule has 7 nitrogen and oxygen atoms in total. The van der Waals surface area contributed by atoms with Gasteiger partial charge < -0.3 is 0 Å². The van der Waals surface area contributed by atoms with Crippen molar-refractivity contribution < 1.29 is 13.2 Å². The number of amides is 1. The lowest BCUT2D eigenvalue weighted by Crippen LogP contribution is -2.47. The Kier molecular flexibility index (Phi) is 6.00. The Balaban J connectivity index is 1.54. The standard InChI is InChI=1S/C23H22N4O3S3/c1-16-7-4-10-19-21(16)25-23(32-19)26(15-17-8-2-3-12-24-17)22(28)18-9-5-13-27(18)33(29,30)20-11-6-14-31-20/h2-4,6-8,10-12,14,18H,5,9,13,15H2,1H3/t18-/m1/s1. The summed E-state index contributed by atoms with van der Waals surface area (Å²) in [5.74, 6) is -0.269. The van der Waals surface area contributed by atoms with Gasteiger partial charge in [0.25, 0.3) is 10.0 Å². The highest BCUT2D eigenvalue weighted by molar-refractivity contribution is 7.91. The van der Waals surface area contributed by atoms with E-state index in [1.54, 1.807) is 28.6 Å². The Morgan fingerprint density at radius 1 is 1.18 bits per heavy atom. The molecule has 0 bridgehead atoms. The number of carbonyl (C=O) groups excluding carboxylic acids is 1. The van der Waals surface area contributed by atoms with E-state index >= 15 is 0 Å². The molecule has 10 heteroatoms. The third-order valence-corrected chi connectivity index (χ3v) is 10.0. The van der Waals surface area contributed by atoms with Crippen LogP contribution in [0.4, 0.5) is 5.13 Å². The average Bonchev–Trinajstić information content (AvgIpc) is 3.58. The molecule has 4 heterocycles. The molecule has 0 saturated carbocycles. The van der Waals surface area contributed by atoms with E-state index in [2.05, 4.69) is 4.98 Å². The number of fused-ring (bicyclic) bond motifs is 1. The van der Waals surface area contributed by atoms with Gasteiger partial charge in [-0.2, -0.15) is 4.31 Å². The lowest BCUT2D eigenvalue weighted by molar-refractivity contribution is -0.121. The molecular weight excluding hydrogens is 476 g/mol. The van der Waals surface area contributed by atoms with Crippen molar-refractivity contribution in [2.75, 3.05) is 11.4 Å².